The van der Waals surface area contributed by atoms with Crippen LogP contribution in [0.15, 0.2) is 60.8 Å². The predicted octanol–water partition coefficient (Wildman–Crippen LogP) is 2.48. The maximum atomic E-state index is 12.7. The number of carbonyl (C=O) groups excluding carboxylic acids is 2. The van der Waals surface area contributed by atoms with Gasteiger partial charge in [-0.15, -0.1) is 5.10 Å². The molecule has 8 nitrogen and oxygen atoms in total. The van der Waals surface area contributed by atoms with Gasteiger partial charge in [0.1, 0.15) is 0 Å². The van der Waals surface area contributed by atoms with Crippen molar-refractivity contribution in [1.29, 1.82) is 0 Å². The number of aromatic nitrogens is 4. The summed E-state index contributed by atoms with van der Waals surface area (Å²) in [4.78, 5) is 28.6. The molecule has 0 aliphatic rings. The zero-order valence-electron chi connectivity index (χ0n) is 15.0. The molecule has 0 fully saturated rings. The molecule has 0 saturated heterocycles. The number of primary amides is 1. The highest BCUT2D eigenvalue weighted by Gasteiger charge is 2.20. The van der Waals surface area contributed by atoms with Gasteiger partial charge >= 0.3 is 0 Å². The molecule has 4 aromatic rings. The van der Waals surface area contributed by atoms with Gasteiger partial charge in [-0.1, -0.05) is 23.4 Å². The fourth-order valence-corrected chi connectivity index (χ4v) is 3.03. The summed E-state index contributed by atoms with van der Waals surface area (Å²) in [6, 6.07) is 16.0. The number of hydrogen-bond donors (Lipinski definition) is 2. The van der Waals surface area contributed by atoms with Gasteiger partial charge in [-0.2, -0.15) is 0 Å². The Labute approximate surface area is 160 Å². The van der Waals surface area contributed by atoms with Gasteiger partial charge in [-0.3, -0.25) is 14.6 Å². The molecule has 2 heterocycles. The van der Waals surface area contributed by atoms with E-state index >= 15 is 0 Å². The molecule has 2 aromatic heterocycles. The number of nitrogens with zero attached hydrogens (tertiary/aromatic N) is 4. The molecule has 2 amide bonds. The molecule has 2 aromatic carbocycles. The SMILES string of the molecule is Cc1c(C(=O)Nc2ccccc2C(N)=O)nnn1-c1cccc2ncccc12. The Morgan fingerprint density at radius 1 is 1.04 bits per heavy atom. The quantitative estimate of drug-likeness (QED) is 0.571. The lowest BCUT2D eigenvalue weighted by molar-refractivity contribution is 0.100. The number of nitrogens with two attached hydrogens (primary N) is 1. The van der Waals surface area contributed by atoms with Crippen LogP contribution in [0.4, 0.5) is 5.69 Å². The Balaban J connectivity index is 1.71. The first-order valence-electron chi connectivity index (χ1n) is 8.53. The highest BCUT2D eigenvalue weighted by molar-refractivity contribution is 6.08. The van der Waals surface area contributed by atoms with Crippen LogP contribution in [0.1, 0.15) is 26.5 Å². The van der Waals surface area contributed by atoms with Crippen LogP contribution >= 0.6 is 0 Å². The fourth-order valence-electron chi connectivity index (χ4n) is 3.03. The van der Waals surface area contributed by atoms with Gasteiger partial charge in [0.05, 0.1) is 28.1 Å². The van der Waals surface area contributed by atoms with Crippen LogP contribution in [0, 0.1) is 6.92 Å². The Morgan fingerprint density at radius 2 is 1.86 bits per heavy atom. The lowest BCUT2D eigenvalue weighted by Gasteiger charge is -2.09. The third-order valence-electron chi connectivity index (χ3n) is 4.40. The van der Waals surface area contributed by atoms with Crippen LogP contribution in [0.2, 0.25) is 0 Å². The molecule has 8 heteroatoms. The molecule has 28 heavy (non-hydrogen) atoms. The molecule has 0 saturated carbocycles. The number of pyridine rings is 1. The van der Waals surface area contributed by atoms with Crippen LogP contribution in [0.3, 0.4) is 0 Å². The van der Waals surface area contributed by atoms with Crippen molar-refractivity contribution in [3.63, 3.8) is 0 Å². The number of hydrogen-bond acceptors (Lipinski definition) is 5. The summed E-state index contributed by atoms with van der Waals surface area (Å²) in [5, 5.41) is 11.8. The minimum atomic E-state index is -0.625. The molecule has 0 bridgehead atoms. The third kappa shape index (κ3) is 2.96. The molecule has 0 aliphatic heterocycles. The van der Waals surface area contributed by atoms with E-state index in [4.69, 9.17) is 5.73 Å². The summed E-state index contributed by atoms with van der Waals surface area (Å²) in [7, 11) is 0. The standard InChI is InChI=1S/C20H16N6O2/c1-12-18(20(28)23-16-8-3-2-6-14(16)19(21)27)24-25-26(12)17-10-4-9-15-13(17)7-5-11-22-15/h2-11H,1H3,(H2,21,27)(H,23,28). The largest absolute Gasteiger partial charge is 0.366 e. The molecule has 0 atom stereocenters. The molecule has 3 N–H and O–H groups in total. The van der Waals surface area contributed by atoms with E-state index in [1.165, 1.54) is 0 Å². The lowest BCUT2D eigenvalue weighted by Crippen LogP contribution is -2.19. The van der Waals surface area contributed by atoms with E-state index in [9.17, 15) is 9.59 Å². The molecule has 0 unspecified atom stereocenters. The van der Waals surface area contributed by atoms with Gasteiger partial charge in [0, 0.05) is 11.6 Å². The van der Waals surface area contributed by atoms with Crippen LogP contribution in [0.25, 0.3) is 16.6 Å². The molecular weight excluding hydrogens is 356 g/mol. The van der Waals surface area contributed by atoms with Crippen LogP contribution in [-0.2, 0) is 0 Å². The second-order valence-corrected chi connectivity index (χ2v) is 6.15. The van der Waals surface area contributed by atoms with Gasteiger partial charge in [-0.05, 0) is 43.3 Å². The van der Waals surface area contributed by atoms with E-state index in [1.807, 2.05) is 30.3 Å². The van der Waals surface area contributed by atoms with Crippen molar-refractivity contribution in [3.8, 4) is 5.69 Å². The van der Waals surface area contributed by atoms with Crippen molar-refractivity contribution in [2.24, 2.45) is 5.73 Å². The fraction of sp³-hybridized carbons (Fsp3) is 0.0500. The summed E-state index contributed by atoms with van der Waals surface area (Å²) in [6.07, 6.45) is 1.72. The van der Waals surface area contributed by atoms with Gasteiger partial charge in [-0.25, -0.2) is 4.68 Å². The summed E-state index contributed by atoms with van der Waals surface area (Å²) in [6.45, 7) is 1.75. The van der Waals surface area contributed by atoms with Crippen LogP contribution < -0.4 is 11.1 Å². The molecule has 4 rings (SSSR count). The molecule has 0 spiro atoms. The summed E-state index contributed by atoms with van der Waals surface area (Å²) in [5.74, 6) is -1.10. The molecule has 0 aliphatic carbocycles. The maximum Gasteiger partial charge on any atom is 0.278 e. The van der Waals surface area contributed by atoms with Gasteiger partial charge in [0.2, 0.25) is 0 Å². The van der Waals surface area contributed by atoms with Gasteiger partial charge in [0.25, 0.3) is 11.8 Å². The topological polar surface area (TPSA) is 116 Å². The number of para-hydroxylation sites is 1. The van der Waals surface area contributed by atoms with Crippen molar-refractivity contribution in [1.82, 2.24) is 20.0 Å². The summed E-state index contributed by atoms with van der Waals surface area (Å²) < 4.78 is 1.60. The van der Waals surface area contributed by atoms with Gasteiger partial charge in [0.15, 0.2) is 5.69 Å². The number of carbonyl (C=O) groups is 2. The van der Waals surface area contributed by atoms with Crippen molar-refractivity contribution < 1.29 is 9.59 Å². The molecular formula is C20H16N6O2. The first-order valence-corrected chi connectivity index (χ1v) is 8.53. The molecule has 0 radical (unpaired) electrons. The average molecular weight is 372 g/mol. The van der Waals surface area contributed by atoms with Crippen LogP contribution in [0.5, 0.6) is 0 Å². The minimum absolute atomic E-state index is 0.153. The monoisotopic (exact) mass is 372 g/mol. The van der Waals surface area contributed by atoms with Gasteiger partial charge < -0.3 is 11.1 Å². The first kappa shape index (κ1) is 17.3. The first-order chi connectivity index (χ1) is 13.6. The van der Waals surface area contributed by atoms with E-state index in [-0.39, 0.29) is 11.3 Å². The van der Waals surface area contributed by atoms with E-state index < -0.39 is 11.8 Å². The zero-order valence-corrected chi connectivity index (χ0v) is 15.0. The Hall–Kier alpha value is -4.07. The van der Waals surface area contributed by atoms with Crippen molar-refractivity contribution in [2.45, 2.75) is 6.92 Å². The minimum Gasteiger partial charge on any atom is -0.366 e. The smallest absolute Gasteiger partial charge is 0.278 e. The van der Waals surface area contributed by atoms with Crippen LogP contribution in [-0.4, -0.2) is 31.8 Å². The summed E-state index contributed by atoms with van der Waals surface area (Å²) >= 11 is 0. The highest BCUT2D eigenvalue weighted by Crippen LogP contribution is 2.22. The van der Waals surface area contributed by atoms with Crippen molar-refractivity contribution >= 4 is 28.4 Å². The number of amides is 2. The van der Waals surface area contributed by atoms with E-state index in [0.29, 0.717) is 11.4 Å². The highest BCUT2D eigenvalue weighted by atomic mass is 16.2. The maximum absolute atomic E-state index is 12.7. The number of rotatable bonds is 4. The Morgan fingerprint density at radius 3 is 2.68 bits per heavy atom. The zero-order chi connectivity index (χ0) is 19.7. The number of benzene rings is 2. The second kappa shape index (κ2) is 6.92. The van der Waals surface area contributed by atoms with E-state index in [1.54, 1.807) is 42.1 Å². The normalized spacial score (nSPS) is 10.8. The van der Waals surface area contributed by atoms with E-state index in [2.05, 4.69) is 20.6 Å². The Bertz CT molecular complexity index is 1210. The number of anilines is 1. The number of fused-ring (bicyclic) bond motifs is 1. The number of nitrogens with one attached hydrogen (secondary N) is 1. The Kier molecular flexibility index (Phi) is 4.29. The van der Waals surface area contributed by atoms with Crippen molar-refractivity contribution in [3.05, 3.63) is 77.7 Å². The predicted molar refractivity (Wildman–Crippen MR) is 104 cm³/mol. The van der Waals surface area contributed by atoms with Crippen molar-refractivity contribution in [2.75, 3.05) is 5.32 Å². The average Bonchev–Trinajstić information content (AvgIpc) is 3.09. The second-order valence-electron chi connectivity index (χ2n) is 6.15. The summed E-state index contributed by atoms with van der Waals surface area (Å²) in [5.41, 5.74) is 8.21. The lowest BCUT2D eigenvalue weighted by atomic mass is 10.1. The third-order valence-corrected chi connectivity index (χ3v) is 4.40. The van der Waals surface area contributed by atoms with E-state index in [0.717, 1.165) is 16.6 Å². The molecule has 138 valence electrons.